The third-order valence-corrected chi connectivity index (χ3v) is 3.99. The molecule has 0 aromatic rings. The number of nitrogens with zero attached hydrogens (tertiary/aromatic N) is 1. The lowest BCUT2D eigenvalue weighted by Crippen LogP contribution is -2.51. The fraction of sp³-hybridized carbons (Fsp3) is 0.900. The molecule has 0 saturated carbocycles. The molecule has 0 aromatic carbocycles. The van der Waals surface area contributed by atoms with Gasteiger partial charge in [0.2, 0.25) is 0 Å². The van der Waals surface area contributed by atoms with Crippen LogP contribution in [0.4, 0.5) is 0 Å². The predicted molar refractivity (Wildman–Crippen MR) is 57.1 cm³/mol. The Morgan fingerprint density at radius 2 is 2.29 bits per heavy atom. The Bertz CT molecular complexity index is 237. The second-order valence-corrected chi connectivity index (χ2v) is 5.30. The Morgan fingerprint density at radius 3 is 2.79 bits per heavy atom. The minimum Gasteiger partial charge on any atom is -0.394 e. The Balaban J connectivity index is 2.79. The van der Waals surface area contributed by atoms with Gasteiger partial charge >= 0.3 is 0 Å². The van der Waals surface area contributed by atoms with Crippen LogP contribution < -0.4 is 0 Å². The standard InChI is InChI=1S/C10H17NO2S/c1-9(2)3-6-14-8-10(9,7-11)13-5-4-12/h12H,3-6,8H2,1-2H3. The van der Waals surface area contributed by atoms with E-state index in [1.807, 2.05) is 0 Å². The van der Waals surface area contributed by atoms with Gasteiger partial charge in [-0.05, 0) is 12.2 Å². The summed E-state index contributed by atoms with van der Waals surface area (Å²) < 4.78 is 5.55. The van der Waals surface area contributed by atoms with Crippen molar-refractivity contribution in [3.63, 3.8) is 0 Å². The summed E-state index contributed by atoms with van der Waals surface area (Å²) >= 11 is 1.75. The van der Waals surface area contributed by atoms with Crippen LogP contribution in [0, 0.1) is 16.7 Å². The minimum atomic E-state index is -0.724. The van der Waals surface area contributed by atoms with Gasteiger partial charge in [0, 0.05) is 11.2 Å². The highest BCUT2D eigenvalue weighted by atomic mass is 32.2. The van der Waals surface area contributed by atoms with Crippen LogP contribution in [0.1, 0.15) is 20.3 Å². The summed E-state index contributed by atoms with van der Waals surface area (Å²) in [4.78, 5) is 0. The molecule has 0 spiro atoms. The quantitative estimate of drug-likeness (QED) is 0.773. The molecule has 0 aromatic heterocycles. The van der Waals surface area contributed by atoms with Gasteiger partial charge in [-0.2, -0.15) is 17.0 Å². The van der Waals surface area contributed by atoms with Gasteiger partial charge in [-0.1, -0.05) is 13.8 Å². The zero-order valence-electron chi connectivity index (χ0n) is 8.75. The number of thioether (sulfide) groups is 1. The molecule has 1 rings (SSSR count). The molecular formula is C10H17NO2S. The van der Waals surface area contributed by atoms with Crippen LogP contribution in [-0.4, -0.2) is 35.4 Å². The highest BCUT2D eigenvalue weighted by molar-refractivity contribution is 7.99. The number of nitriles is 1. The van der Waals surface area contributed by atoms with E-state index in [4.69, 9.17) is 9.84 Å². The summed E-state index contributed by atoms with van der Waals surface area (Å²) in [6, 6.07) is 2.29. The van der Waals surface area contributed by atoms with E-state index in [9.17, 15) is 5.26 Å². The summed E-state index contributed by atoms with van der Waals surface area (Å²) in [7, 11) is 0. The molecule has 1 saturated heterocycles. The predicted octanol–water partition coefficient (Wildman–Crippen LogP) is 1.42. The second-order valence-electron chi connectivity index (χ2n) is 4.20. The molecule has 14 heavy (non-hydrogen) atoms. The molecule has 1 N–H and O–H groups in total. The summed E-state index contributed by atoms with van der Waals surface area (Å²) in [6.07, 6.45) is 0.983. The molecule has 1 heterocycles. The molecule has 0 aliphatic carbocycles. The van der Waals surface area contributed by atoms with E-state index in [0.717, 1.165) is 12.2 Å². The first-order chi connectivity index (χ1) is 6.58. The van der Waals surface area contributed by atoms with Crippen molar-refractivity contribution < 1.29 is 9.84 Å². The smallest absolute Gasteiger partial charge is 0.168 e. The van der Waals surface area contributed by atoms with Gasteiger partial charge in [0.25, 0.3) is 0 Å². The van der Waals surface area contributed by atoms with Crippen LogP contribution in [0.15, 0.2) is 0 Å². The van der Waals surface area contributed by atoms with Crippen LogP contribution in [0.25, 0.3) is 0 Å². The maximum Gasteiger partial charge on any atom is 0.168 e. The first-order valence-electron chi connectivity index (χ1n) is 4.82. The van der Waals surface area contributed by atoms with Gasteiger partial charge in [0.05, 0.1) is 19.3 Å². The van der Waals surface area contributed by atoms with E-state index in [2.05, 4.69) is 19.9 Å². The average Bonchev–Trinajstić information content (AvgIpc) is 2.16. The van der Waals surface area contributed by atoms with Crippen molar-refractivity contribution in [3.05, 3.63) is 0 Å². The Hall–Kier alpha value is -0.240. The molecule has 1 aliphatic heterocycles. The van der Waals surface area contributed by atoms with Crippen molar-refractivity contribution in [2.24, 2.45) is 5.41 Å². The lowest BCUT2D eigenvalue weighted by Gasteiger charge is -2.44. The largest absolute Gasteiger partial charge is 0.394 e. The zero-order valence-corrected chi connectivity index (χ0v) is 9.56. The molecule has 0 bridgehead atoms. The van der Waals surface area contributed by atoms with Crippen molar-refractivity contribution in [3.8, 4) is 6.07 Å². The van der Waals surface area contributed by atoms with Crippen LogP contribution in [0.5, 0.6) is 0 Å². The summed E-state index contributed by atoms with van der Waals surface area (Å²) in [6.45, 7) is 4.35. The first-order valence-corrected chi connectivity index (χ1v) is 5.97. The van der Waals surface area contributed by atoms with Crippen molar-refractivity contribution in [2.75, 3.05) is 24.7 Å². The van der Waals surface area contributed by atoms with E-state index < -0.39 is 5.60 Å². The second kappa shape index (κ2) is 4.52. The molecule has 0 radical (unpaired) electrons. The highest BCUT2D eigenvalue weighted by Crippen LogP contribution is 2.44. The molecule has 1 unspecified atom stereocenters. The van der Waals surface area contributed by atoms with Gasteiger partial charge < -0.3 is 9.84 Å². The lowest BCUT2D eigenvalue weighted by molar-refractivity contribution is -0.0790. The molecule has 3 nitrogen and oxygen atoms in total. The van der Waals surface area contributed by atoms with E-state index >= 15 is 0 Å². The molecular weight excluding hydrogens is 198 g/mol. The topological polar surface area (TPSA) is 53.2 Å². The fourth-order valence-electron chi connectivity index (χ4n) is 1.61. The normalized spacial score (nSPS) is 31.0. The third-order valence-electron chi connectivity index (χ3n) is 2.89. The lowest BCUT2D eigenvalue weighted by atomic mass is 9.74. The fourth-order valence-corrected chi connectivity index (χ4v) is 3.24. The van der Waals surface area contributed by atoms with Gasteiger partial charge in [-0.15, -0.1) is 0 Å². The van der Waals surface area contributed by atoms with Crippen LogP contribution >= 0.6 is 11.8 Å². The molecule has 1 aliphatic rings. The highest BCUT2D eigenvalue weighted by Gasteiger charge is 2.48. The minimum absolute atomic E-state index is 0.0236. The zero-order chi connectivity index (χ0) is 10.7. The van der Waals surface area contributed by atoms with E-state index in [1.165, 1.54) is 0 Å². The van der Waals surface area contributed by atoms with Crippen LogP contribution in [0.2, 0.25) is 0 Å². The van der Waals surface area contributed by atoms with Crippen LogP contribution in [-0.2, 0) is 4.74 Å². The number of aliphatic hydroxyl groups is 1. The number of hydrogen-bond donors (Lipinski definition) is 1. The Kier molecular flexibility index (Phi) is 3.82. The summed E-state index contributed by atoms with van der Waals surface area (Å²) in [5, 5.41) is 18.0. The number of rotatable bonds is 3. The number of hydrogen-bond acceptors (Lipinski definition) is 4. The van der Waals surface area contributed by atoms with Gasteiger partial charge in [0.1, 0.15) is 0 Å². The van der Waals surface area contributed by atoms with Crippen LogP contribution in [0.3, 0.4) is 0 Å². The van der Waals surface area contributed by atoms with Gasteiger partial charge in [-0.25, -0.2) is 0 Å². The van der Waals surface area contributed by atoms with Crippen molar-refractivity contribution >= 4 is 11.8 Å². The summed E-state index contributed by atoms with van der Waals surface area (Å²) in [5.74, 6) is 1.79. The Labute approximate surface area is 89.4 Å². The molecule has 0 amide bonds. The van der Waals surface area contributed by atoms with Crippen molar-refractivity contribution in [2.45, 2.75) is 25.9 Å². The van der Waals surface area contributed by atoms with Gasteiger partial charge in [-0.3, -0.25) is 0 Å². The van der Waals surface area contributed by atoms with E-state index in [-0.39, 0.29) is 18.6 Å². The maximum absolute atomic E-state index is 9.23. The first kappa shape index (κ1) is 11.8. The summed E-state index contributed by atoms with van der Waals surface area (Å²) in [5.41, 5.74) is -0.846. The van der Waals surface area contributed by atoms with E-state index in [1.54, 1.807) is 11.8 Å². The maximum atomic E-state index is 9.23. The van der Waals surface area contributed by atoms with E-state index in [0.29, 0.717) is 5.75 Å². The number of ether oxygens (including phenoxy) is 1. The molecule has 4 heteroatoms. The van der Waals surface area contributed by atoms with Crippen molar-refractivity contribution in [1.82, 2.24) is 0 Å². The average molecular weight is 215 g/mol. The molecule has 1 fully saturated rings. The molecule has 1 atom stereocenters. The third kappa shape index (κ3) is 2.05. The number of aliphatic hydroxyl groups excluding tert-OH is 1. The van der Waals surface area contributed by atoms with Crippen molar-refractivity contribution in [1.29, 1.82) is 5.26 Å². The SMILES string of the molecule is CC1(C)CCSCC1(C#N)OCCO. The van der Waals surface area contributed by atoms with Gasteiger partial charge in [0.15, 0.2) is 5.60 Å². The monoisotopic (exact) mass is 215 g/mol. The molecule has 80 valence electrons. The Morgan fingerprint density at radius 1 is 1.57 bits per heavy atom.